The molecule has 174 valence electrons. The summed E-state index contributed by atoms with van der Waals surface area (Å²) in [5.41, 5.74) is 0.974. The molecule has 0 fully saturated rings. The third-order valence-electron chi connectivity index (χ3n) is 4.89. The van der Waals surface area contributed by atoms with Gasteiger partial charge < -0.3 is 10.1 Å². The minimum absolute atomic E-state index is 0.0356. The molecule has 1 N–H and O–H groups in total. The van der Waals surface area contributed by atoms with E-state index in [9.17, 15) is 13.2 Å². The molecule has 0 radical (unpaired) electrons. The van der Waals surface area contributed by atoms with Crippen LogP contribution in [0.2, 0.25) is 10.0 Å². The molecule has 0 heterocycles. The second-order valence-corrected chi connectivity index (χ2v) is 9.84. The molecule has 0 aromatic heterocycles. The van der Waals surface area contributed by atoms with Crippen LogP contribution < -0.4 is 14.4 Å². The molecule has 0 aliphatic rings. The van der Waals surface area contributed by atoms with E-state index in [4.69, 9.17) is 27.9 Å². The summed E-state index contributed by atoms with van der Waals surface area (Å²) >= 11 is 12.5. The number of nitrogens with one attached hydrogen (secondary N) is 1. The average Bonchev–Trinajstić information content (AvgIpc) is 2.80. The van der Waals surface area contributed by atoms with Gasteiger partial charge in [0.25, 0.3) is 10.0 Å². The summed E-state index contributed by atoms with van der Waals surface area (Å²) in [6.45, 7) is 3.80. The molecule has 0 aliphatic carbocycles. The van der Waals surface area contributed by atoms with Gasteiger partial charge in [-0.25, -0.2) is 8.42 Å². The van der Waals surface area contributed by atoms with Crippen molar-refractivity contribution < 1.29 is 17.9 Å². The van der Waals surface area contributed by atoms with E-state index in [1.54, 1.807) is 30.3 Å². The maximum atomic E-state index is 13.4. The summed E-state index contributed by atoms with van der Waals surface area (Å²) in [6.07, 6.45) is 0. The first-order valence-corrected chi connectivity index (χ1v) is 12.5. The fraction of sp³-hybridized carbons (Fsp3) is 0.208. The summed E-state index contributed by atoms with van der Waals surface area (Å²) in [5.74, 6) is 0.238. The lowest BCUT2D eigenvalue weighted by atomic mass is 10.1. The zero-order chi connectivity index (χ0) is 24.0. The van der Waals surface area contributed by atoms with Crippen molar-refractivity contribution in [1.29, 1.82) is 0 Å². The van der Waals surface area contributed by atoms with Crippen LogP contribution in [0.25, 0.3) is 0 Å². The van der Waals surface area contributed by atoms with Gasteiger partial charge in [0.05, 0.1) is 33.3 Å². The van der Waals surface area contributed by atoms with Crippen molar-refractivity contribution >= 4 is 44.8 Å². The standard InChI is InChI=1S/C24H24Cl2N2O4S/c1-3-32-19-14-12-18(13-15-19)17(2)27-23(29)16-28(22-11-7-10-21(25)24(22)26)33(30,31)20-8-5-4-6-9-20/h4-15,17H,3,16H2,1-2H3,(H,27,29)/t17-/m0/s1. The molecule has 0 aliphatic heterocycles. The fourth-order valence-corrected chi connectivity index (χ4v) is 5.13. The lowest BCUT2D eigenvalue weighted by Crippen LogP contribution is -2.41. The Kier molecular flexibility index (Phi) is 8.24. The molecule has 0 bridgehead atoms. The Balaban J connectivity index is 1.87. The molecular formula is C24H24Cl2N2O4S. The van der Waals surface area contributed by atoms with Crippen LogP contribution >= 0.6 is 23.2 Å². The Morgan fingerprint density at radius 1 is 1.00 bits per heavy atom. The van der Waals surface area contributed by atoms with E-state index in [-0.39, 0.29) is 26.7 Å². The van der Waals surface area contributed by atoms with Crippen LogP contribution in [-0.2, 0) is 14.8 Å². The highest BCUT2D eigenvalue weighted by Gasteiger charge is 2.29. The Hall–Kier alpha value is -2.74. The largest absolute Gasteiger partial charge is 0.494 e. The van der Waals surface area contributed by atoms with Gasteiger partial charge >= 0.3 is 0 Å². The van der Waals surface area contributed by atoms with Gasteiger partial charge in [0.15, 0.2) is 0 Å². The maximum Gasteiger partial charge on any atom is 0.264 e. The predicted molar refractivity (Wildman–Crippen MR) is 132 cm³/mol. The number of hydrogen-bond donors (Lipinski definition) is 1. The van der Waals surface area contributed by atoms with Gasteiger partial charge in [0, 0.05) is 0 Å². The van der Waals surface area contributed by atoms with Crippen molar-refractivity contribution in [2.24, 2.45) is 0 Å². The highest BCUT2D eigenvalue weighted by atomic mass is 35.5. The topological polar surface area (TPSA) is 75.7 Å². The van der Waals surface area contributed by atoms with E-state index < -0.39 is 22.5 Å². The van der Waals surface area contributed by atoms with Crippen LogP contribution in [0.4, 0.5) is 5.69 Å². The first-order chi connectivity index (χ1) is 15.7. The molecule has 0 unspecified atom stereocenters. The first kappa shape index (κ1) is 24.9. The number of rotatable bonds is 9. The molecule has 3 aromatic carbocycles. The lowest BCUT2D eigenvalue weighted by molar-refractivity contribution is -0.120. The second kappa shape index (κ2) is 10.9. The molecule has 6 nitrogen and oxygen atoms in total. The zero-order valence-corrected chi connectivity index (χ0v) is 20.5. The molecule has 3 aromatic rings. The number of sulfonamides is 1. The summed E-state index contributed by atoms with van der Waals surface area (Å²) < 4.78 is 33.2. The van der Waals surface area contributed by atoms with E-state index in [2.05, 4.69) is 5.32 Å². The van der Waals surface area contributed by atoms with Gasteiger partial charge in [-0.05, 0) is 55.8 Å². The number of carbonyl (C=O) groups excluding carboxylic acids is 1. The number of nitrogens with zero attached hydrogens (tertiary/aromatic N) is 1. The first-order valence-electron chi connectivity index (χ1n) is 10.3. The number of amides is 1. The molecule has 1 amide bonds. The van der Waals surface area contributed by atoms with Crippen molar-refractivity contribution in [3.63, 3.8) is 0 Å². The second-order valence-electron chi connectivity index (χ2n) is 7.19. The highest BCUT2D eigenvalue weighted by molar-refractivity contribution is 7.92. The molecule has 3 rings (SSSR count). The minimum atomic E-state index is -4.09. The van der Waals surface area contributed by atoms with Crippen LogP contribution in [0.15, 0.2) is 77.7 Å². The van der Waals surface area contributed by atoms with Crippen LogP contribution in [0.1, 0.15) is 25.5 Å². The predicted octanol–water partition coefficient (Wildman–Crippen LogP) is 5.46. The van der Waals surface area contributed by atoms with E-state index in [1.165, 1.54) is 18.2 Å². The average molecular weight is 507 g/mol. The third-order valence-corrected chi connectivity index (χ3v) is 7.47. The number of halogens is 2. The molecular weight excluding hydrogens is 483 g/mol. The van der Waals surface area contributed by atoms with Gasteiger partial charge in [0.1, 0.15) is 12.3 Å². The number of carbonyl (C=O) groups is 1. The fourth-order valence-electron chi connectivity index (χ4n) is 3.22. The highest BCUT2D eigenvalue weighted by Crippen LogP contribution is 2.35. The van der Waals surface area contributed by atoms with Gasteiger partial charge in [-0.1, -0.05) is 59.6 Å². The maximum absolute atomic E-state index is 13.4. The number of ether oxygens (including phenoxy) is 1. The lowest BCUT2D eigenvalue weighted by Gasteiger charge is -2.26. The molecule has 1 atom stereocenters. The minimum Gasteiger partial charge on any atom is -0.494 e. The summed E-state index contributed by atoms with van der Waals surface area (Å²) in [6, 6.07) is 19.5. The molecule has 0 saturated heterocycles. The van der Waals surface area contributed by atoms with E-state index in [1.807, 2.05) is 38.1 Å². The smallest absolute Gasteiger partial charge is 0.264 e. The van der Waals surface area contributed by atoms with E-state index in [0.717, 1.165) is 15.6 Å². The van der Waals surface area contributed by atoms with Crippen LogP contribution in [0.5, 0.6) is 5.75 Å². The van der Waals surface area contributed by atoms with Gasteiger partial charge in [-0.3, -0.25) is 9.10 Å². The molecule has 0 spiro atoms. The number of anilines is 1. The summed E-state index contributed by atoms with van der Waals surface area (Å²) in [4.78, 5) is 13.0. The summed E-state index contributed by atoms with van der Waals surface area (Å²) in [7, 11) is -4.09. The van der Waals surface area contributed by atoms with Crippen LogP contribution in [-0.4, -0.2) is 27.5 Å². The SMILES string of the molecule is CCOc1ccc([C@H](C)NC(=O)CN(c2cccc(Cl)c2Cl)S(=O)(=O)c2ccccc2)cc1. The van der Waals surface area contributed by atoms with Gasteiger partial charge in [0.2, 0.25) is 5.91 Å². The van der Waals surface area contributed by atoms with Gasteiger partial charge in [-0.15, -0.1) is 0 Å². The Morgan fingerprint density at radius 2 is 1.67 bits per heavy atom. The van der Waals surface area contributed by atoms with E-state index in [0.29, 0.717) is 6.61 Å². The van der Waals surface area contributed by atoms with Gasteiger partial charge in [-0.2, -0.15) is 0 Å². The number of hydrogen-bond acceptors (Lipinski definition) is 4. The van der Waals surface area contributed by atoms with Crippen molar-refractivity contribution in [2.45, 2.75) is 24.8 Å². The van der Waals surface area contributed by atoms with Crippen molar-refractivity contribution in [2.75, 3.05) is 17.5 Å². The van der Waals surface area contributed by atoms with Crippen LogP contribution in [0.3, 0.4) is 0 Å². The van der Waals surface area contributed by atoms with Crippen molar-refractivity contribution in [1.82, 2.24) is 5.32 Å². The van der Waals surface area contributed by atoms with E-state index >= 15 is 0 Å². The van der Waals surface area contributed by atoms with Crippen LogP contribution in [0, 0.1) is 0 Å². The number of benzene rings is 3. The third kappa shape index (κ3) is 5.99. The van der Waals surface area contributed by atoms with Crippen molar-refractivity contribution in [3.8, 4) is 5.75 Å². The Bertz CT molecular complexity index is 1200. The molecule has 9 heteroatoms. The normalized spacial score (nSPS) is 12.1. The molecule has 0 saturated carbocycles. The zero-order valence-electron chi connectivity index (χ0n) is 18.2. The summed E-state index contributed by atoms with van der Waals surface area (Å²) in [5, 5.41) is 3.08. The molecule has 33 heavy (non-hydrogen) atoms. The van der Waals surface area contributed by atoms with Crippen molar-refractivity contribution in [3.05, 3.63) is 88.4 Å². The Morgan fingerprint density at radius 3 is 2.30 bits per heavy atom. The quantitative estimate of drug-likeness (QED) is 0.417. The monoisotopic (exact) mass is 506 g/mol. The Labute approximate surface area is 204 Å².